The molecule has 0 saturated carbocycles. The van der Waals surface area contributed by atoms with Gasteiger partial charge in [-0.15, -0.1) is 0 Å². The Bertz CT molecular complexity index is 1150. The standard InChI is InChI=1S/C26H27N2O/c1-18-8-9-21-10-11-25(26(29)23(21)16-18)27-14-13-24-22(17-27)12-15-28(24)19(2)20-6-4-3-5-7-20/h3-7,12-17,19,25H,8-11H2,1-2H3/q+1. The minimum absolute atomic E-state index is 0.0878. The summed E-state index contributed by atoms with van der Waals surface area (Å²) in [6, 6.07) is 15.1. The molecule has 0 spiro atoms. The third kappa shape index (κ3) is 3.15. The normalized spacial score (nSPS) is 20.6. The lowest BCUT2D eigenvalue weighted by Gasteiger charge is -2.25. The zero-order chi connectivity index (χ0) is 20.0. The Labute approximate surface area is 172 Å². The first kappa shape index (κ1) is 18.1. The number of pyridine rings is 1. The second kappa shape index (κ2) is 7.14. The van der Waals surface area contributed by atoms with E-state index in [1.165, 1.54) is 27.6 Å². The summed E-state index contributed by atoms with van der Waals surface area (Å²) in [5, 5.41) is 1.18. The van der Waals surface area contributed by atoms with Crippen LogP contribution in [0.5, 0.6) is 0 Å². The molecule has 3 aromatic rings. The Morgan fingerprint density at radius 2 is 1.90 bits per heavy atom. The van der Waals surface area contributed by atoms with Crippen LogP contribution in [0.25, 0.3) is 10.9 Å². The molecule has 2 heterocycles. The molecular weight excluding hydrogens is 356 g/mol. The van der Waals surface area contributed by atoms with Gasteiger partial charge in [-0.25, -0.2) is 0 Å². The van der Waals surface area contributed by atoms with E-state index in [-0.39, 0.29) is 17.9 Å². The van der Waals surface area contributed by atoms with Gasteiger partial charge in [0, 0.05) is 24.3 Å². The lowest BCUT2D eigenvalue weighted by molar-refractivity contribution is -0.708. The molecule has 2 aliphatic rings. The Kier molecular flexibility index (Phi) is 4.46. The number of hydrogen-bond acceptors (Lipinski definition) is 1. The van der Waals surface area contributed by atoms with Gasteiger partial charge in [0.15, 0.2) is 12.4 Å². The molecule has 146 valence electrons. The number of rotatable bonds is 3. The summed E-state index contributed by atoms with van der Waals surface area (Å²) >= 11 is 0. The fourth-order valence-electron chi connectivity index (χ4n) is 4.87. The number of aromatic nitrogens is 2. The van der Waals surface area contributed by atoms with Gasteiger partial charge in [-0.1, -0.05) is 47.6 Å². The van der Waals surface area contributed by atoms with Crippen molar-refractivity contribution in [3.63, 3.8) is 0 Å². The molecule has 0 N–H and O–H groups in total. The molecular formula is C26H27N2O+. The van der Waals surface area contributed by atoms with Crippen LogP contribution >= 0.6 is 0 Å². The first-order chi connectivity index (χ1) is 14.1. The molecule has 5 rings (SSSR count). The Balaban J connectivity index is 1.47. The molecule has 0 fully saturated rings. The van der Waals surface area contributed by atoms with Gasteiger partial charge in [0.2, 0.25) is 11.8 Å². The lowest BCUT2D eigenvalue weighted by atomic mass is 9.80. The van der Waals surface area contributed by atoms with Crippen molar-refractivity contribution in [2.45, 2.75) is 51.6 Å². The zero-order valence-corrected chi connectivity index (χ0v) is 17.1. The van der Waals surface area contributed by atoms with E-state index in [9.17, 15) is 4.79 Å². The third-order valence-electron chi connectivity index (χ3n) is 6.62. The van der Waals surface area contributed by atoms with Gasteiger partial charge in [-0.05, 0) is 44.7 Å². The molecule has 2 atom stereocenters. The molecule has 0 bridgehead atoms. The molecule has 3 nitrogen and oxygen atoms in total. The fraction of sp³-hybridized carbons (Fsp3) is 0.308. The minimum Gasteiger partial charge on any atom is -0.340 e. The highest BCUT2D eigenvalue weighted by Crippen LogP contribution is 2.35. The van der Waals surface area contributed by atoms with Crippen molar-refractivity contribution in [1.29, 1.82) is 0 Å². The molecule has 0 radical (unpaired) electrons. The van der Waals surface area contributed by atoms with Crippen molar-refractivity contribution in [3.05, 3.63) is 89.4 Å². The highest BCUT2D eigenvalue weighted by atomic mass is 16.1. The average Bonchev–Trinajstić information content (AvgIpc) is 3.18. The number of benzene rings is 1. The largest absolute Gasteiger partial charge is 0.340 e. The summed E-state index contributed by atoms with van der Waals surface area (Å²) in [4.78, 5) is 13.2. The molecule has 2 unspecified atom stereocenters. The molecule has 29 heavy (non-hydrogen) atoms. The van der Waals surface area contributed by atoms with E-state index in [4.69, 9.17) is 0 Å². The Morgan fingerprint density at radius 1 is 1.07 bits per heavy atom. The summed E-state index contributed by atoms with van der Waals surface area (Å²) in [7, 11) is 0. The SMILES string of the molecule is CC1=CC2=C(CC1)CCC([n+]1ccc3c(ccn3C(C)c3ccccc3)c1)C2=O. The van der Waals surface area contributed by atoms with E-state index in [0.717, 1.165) is 31.3 Å². The number of Topliss-reactive ketones (excluding diaryl/α,β-unsaturated/α-hetero) is 1. The number of fused-ring (bicyclic) bond motifs is 1. The van der Waals surface area contributed by atoms with Crippen molar-refractivity contribution >= 4 is 16.7 Å². The highest BCUT2D eigenvalue weighted by molar-refractivity contribution is 6.01. The average molecular weight is 384 g/mol. The topological polar surface area (TPSA) is 25.9 Å². The molecule has 0 amide bonds. The maximum Gasteiger partial charge on any atom is 0.230 e. The number of carbonyl (C=O) groups excluding carboxylic acids is 1. The van der Waals surface area contributed by atoms with E-state index in [2.05, 4.69) is 90.1 Å². The van der Waals surface area contributed by atoms with Crippen LogP contribution in [0.4, 0.5) is 0 Å². The first-order valence-corrected chi connectivity index (χ1v) is 10.6. The predicted molar refractivity (Wildman–Crippen MR) is 116 cm³/mol. The highest BCUT2D eigenvalue weighted by Gasteiger charge is 2.36. The molecule has 1 aromatic carbocycles. The van der Waals surface area contributed by atoms with Gasteiger partial charge in [0.1, 0.15) is 0 Å². The van der Waals surface area contributed by atoms with Gasteiger partial charge in [-0.3, -0.25) is 4.79 Å². The van der Waals surface area contributed by atoms with E-state index in [0.29, 0.717) is 0 Å². The summed E-state index contributed by atoms with van der Waals surface area (Å²) in [6.45, 7) is 4.36. The molecule has 0 saturated heterocycles. The number of ketones is 1. The van der Waals surface area contributed by atoms with Crippen LogP contribution < -0.4 is 4.57 Å². The van der Waals surface area contributed by atoms with Crippen molar-refractivity contribution < 1.29 is 9.36 Å². The number of hydrogen-bond donors (Lipinski definition) is 0. The molecule has 0 aliphatic heterocycles. The maximum absolute atomic E-state index is 13.2. The summed E-state index contributed by atoms with van der Waals surface area (Å²) < 4.78 is 4.44. The van der Waals surface area contributed by atoms with Crippen LogP contribution in [-0.2, 0) is 4.79 Å². The predicted octanol–water partition coefficient (Wildman–Crippen LogP) is 5.48. The fourth-order valence-corrected chi connectivity index (χ4v) is 4.87. The van der Waals surface area contributed by atoms with Crippen LogP contribution in [-0.4, -0.2) is 10.4 Å². The number of allylic oxidation sites excluding steroid dienone is 4. The number of carbonyl (C=O) groups is 1. The molecule has 2 aliphatic carbocycles. The lowest BCUT2D eigenvalue weighted by Crippen LogP contribution is -2.45. The second-order valence-corrected chi connectivity index (χ2v) is 8.47. The van der Waals surface area contributed by atoms with Gasteiger partial charge >= 0.3 is 0 Å². The smallest absolute Gasteiger partial charge is 0.230 e. The first-order valence-electron chi connectivity index (χ1n) is 10.6. The quantitative estimate of drug-likeness (QED) is 0.550. The third-order valence-corrected chi connectivity index (χ3v) is 6.62. The number of nitrogens with zero attached hydrogens (tertiary/aromatic N) is 2. The van der Waals surface area contributed by atoms with Crippen LogP contribution in [0.2, 0.25) is 0 Å². The van der Waals surface area contributed by atoms with Gasteiger partial charge < -0.3 is 4.57 Å². The summed E-state index contributed by atoms with van der Waals surface area (Å²) in [5.74, 6) is 0.284. The van der Waals surface area contributed by atoms with E-state index in [1.54, 1.807) is 0 Å². The van der Waals surface area contributed by atoms with Gasteiger partial charge in [0.05, 0.1) is 16.9 Å². The minimum atomic E-state index is -0.0878. The van der Waals surface area contributed by atoms with Crippen molar-refractivity contribution in [1.82, 2.24) is 4.57 Å². The maximum atomic E-state index is 13.2. The van der Waals surface area contributed by atoms with Crippen LogP contribution in [0.3, 0.4) is 0 Å². The summed E-state index contributed by atoms with van der Waals surface area (Å²) in [6.07, 6.45) is 12.6. The van der Waals surface area contributed by atoms with Gasteiger partial charge in [0.25, 0.3) is 0 Å². The van der Waals surface area contributed by atoms with E-state index < -0.39 is 0 Å². The van der Waals surface area contributed by atoms with Crippen molar-refractivity contribution in [3.8, 4) is 0 Å². The van der Waals surface area contributed by atoms with Crippen LogP contribution in [0.15, 0.2) is 83.9 Å². The monoisotopic (exact) mass is 383 g/mol. The van der Waals surface area contributed by atoms with Crippen molar-refractivity contribution in [2.75, 3.05) is 0 Å². The van der Waals surface area contributed by atoms with Crippen molar-refractivity contribution in [2.24, 2.45) is 0 Å². The van der Waals surface area contributed by atoms with E-state index in [1.807, 2.05) is 0 Å². The second-order valence-electron chi connectivity index (χ2n) is 8.47. The zero-order valence-electron chi connectivity index (χ0n) is 17.1. The Morgan fingerprint density at radius 3 is 2.72 bits per heavy atom. The van der Waals surface area contributed by atoms with Crippen LogP contribution in [0.1, 0.15) is 57.2 Å². The molecule has 2 aromatic heterocycles. The van der Waals surface area contributed by atoms with E-state index >= 15 is 0 Å². The summed E-state index contributed by atoms with van der Waals surface area (Å²) in [5.41, 5.74) is 6.16. The molecule has 3 heteroatoms. The van der Waals surface area contributed by atoms with Crippen LogP contribution in [0, 0.1) is 0 Å². The Hall–Kier alpha value is -2.94. The van der Waals surface area contributed by atoms with Gasteiger partial charge in [-0.2, -0.15) is 4.57 Å².